The van der Waals surface area contributed by atoms with Crippen molar-refractivity contribution in [3.8, 4) is 0 Å². The second-order valence-electron chi connectivity index (χ2n) is 8.81. The highest BCUT2D eigenvalue weighted by atomic mass is 35.5. The van der Waals surface area contributed by atoms with Gasteiger partial charge in [0.15, 0.2) is 6.23 Å². The molecule has 35 heavy (non-hydrogen) atoms. The zero-order chi connectivity index (χ0) is 25.5. The van der Waals surface area contributed by atoms with E-state index in [1.165, 1.54) is 0 Å². The molecule has 1 aliphatic carbocycles. The molecule has 188 valence electrons. The van der Waals surface area contributed by atoms with Crippen molar-refractivity contribution in [3.05, 3.63) is 71.8 Å². The van der Waals surface area contributed by atoms with Gasteiger partial charge in [0.1, 0.15) is 6.10 Å². The van der Waals surface area contributed by atoms with Gasteiger partial charge in [0, 0.05) is 6.42 Å². The first-order valence-corrected chi connectivity index (χ1v) is 12.3. The van der Waals surface area contributed by atoms with E-state index < -0.39 is 58.9 Å². The summed E-state index contributed by atoms with van der Waals surface area (Å²) in [6, 6.07) is 17.5. The fraction of sp³-hybridized carbons (Fsp3) is 0.423. The number of amides is 1. The maximum atomic E-state index is 13.4. The van der Waals surface area contributed by atoms with E-state index in [9.17, 15) is 19.5 Å². The fourth-order valence-electron chi connectivity index (χ4n) is 3.79. The van der Waals surface area contributed by atoms with Crippen molar-refractivity contribution >= 4 is 41.0 Å². The van der Waals surface area contributed by atoms with Gasteiger partial charge in [-0.1, -0.05) is 62.4 Å². The second-order valence-corrected chi connectivity index (χ2v) is 9.87. The molecule has 0 spiro atoms. The maximum absolute atomic E-state index is 13.4. The normalized spacial score (nSPS) is 24.9. The number of carbonyl (C=O) groups is 3. The average molecular weight is 522 g/mol. The van der Waals surface area contributed by atoms with Crippen molar-refractivity contribution in [3.63, 3.8) is 0 Å². The third kappa shape index (κ3) is 7.19. The van der Waals surface area contributed by atoms with Crippen LogP contribution in [0, 0.1) is 11.8 Å². The molecule has 5 unspecified atom stereocenters. The molecule has 0 aliphatic heterocycles. The van der Waals surface area contributed by atoms with Crippen LogP contribution in [0.4, 0.5) is 0 Å². The molecule has 0 aromatic heterocycles. The molecule has 0 heterocycles. The monoisotopic (exact) mass is 521 g/mol. The van der Waals surface area contributed by atoms with E-state index in [1.807, 2.05) is 30.3 Å². The van der Waals surface area contributed by atoms with Crippen LogP contribution in [0.2, 0.25) is 0 Å². The van der Waals surface area contributed by atoms with E-state index in [4.69, 9.17) is 32.7 Å². The highest BCUT2D eigenvalue weighted by Gasteiger charge is 2.48. The zero-order valence-corrected chi connectivity index (χ0v) is 21.0. The first-order valence-electron chi connectivity index (χ1n) is 11.4. The van der Waals surface area contributed by atoms with E-state index in [1.54, 1.807) is 44.2 Å². The van der Waals surface area contributed by atoms with Crippen LogP contribution in [0.3, 0.4) is 0 Å². The number of benzene rings is 2. The molecule has 1 aliphatic rings. The van der Waals surface area contributed by atoms with Gasteiger partial charge in [-0.15, -0.1) is 23.2 Å². The van der Waals surface area contributed by atoms with Crippen molar-refractivity contribution in [2.45, 2.75) is 55.9 Å². The summed E-state index contributed by atoms with van der Waals surface area (Å²) in [5.74, 6) is -3.05. The summed E-state index contributed by atoms with van der Waals surface area (Å²) in [5.41, 5.74) is 1.14. The molecule has 9 heteroatoms. The number of alkyl halides is 2. The number of ether oxygens (including phenoxy) is 2. The van der Waals surface area contributed by atoms with Gasteiger partial charge in [0.05, 0.1) is 34.3 Å². The summed E-state index contributed by atoms with van der Waals surface area (Å²) >= 11 is 12.7. The van der Waals surface area contributed by atoms with Crippen molar-refractivity contribution < 1.29 is 29.0 Å². The Hall–Kier alpha value is -2.61. The first kappa shape index (κ1) is 27.0. The molecule has 1 amide bonds. The number of aliphatic hydroxyl groups is 1. The van der Waals surface area contributed by atoms with E-state index in [0.717, 1.165) is 5.56 Å². The Labute approximate surface area is 214 Å². The minimum Gasteiger partial charge on any atom is -0.456 e. The number of hydrogen-bond donors (Lipinski definition) is 2. The standard InChI is InChI=1S/C26H29Cl2NO6/c1-15(2)25(32)34-20(13-16-9-5-3-6-10-16)29-24(31)18-14-19(27)22(30)21(28)23(18)35-26(33)17-11-7-4-8-12-17/h3-12,15,18-23,30H,13-14H2,1-2H3,(H,29,31)/t18?,19?,20-,21?,22?,23?/m1/s1. The molecule has 2 aromatic carbocycles. The lowest BCUT2D eigenvalue weighted by Gasteiger charge is -2.39. The van der Waals surface area contributed by atoms with Gasteiger partial charge in [-0.2, -0.15) is 0 Å². The minimum atomic E-state index is -1.19. The fourth-order valence-corrected chi connectivity index (χ4v) is 4.62. The largest absolute Gasteiger partial charge is 0.456 e. The van der Waals surface area contributed by atoms with E-state index in [0.29, 0.717) is 0 Å². The summed E-state index contributed by atoms with van der Waals surface area (Å²) in [4.78, 5) is 38.4. The van der Waals surface area contributed by atoms with Gasteiger partial charge in [0.25, 0.3) is 0 Å². The smallest absolute Gasteiger partial charge is 0.338 e. The molecule has 2 aromatic rings. The minimum absolute atomic E-state index is 0.0146. The Kier molecular flexibility index (Phi) is 9.55. The van der Waals surface area contributed by atoms with Crippen LogP contribution >= 0.6 is 23.2 Å². The Morgan fingerprint density at radius 1 is 1.03 bits per heavy atom. The van der Waals surface area contributed by atoms with Gasteiger partial charge >= 0.3 is 11.9 Å². The number of rotatable bonds is 8. The molecule has 0 saturated heterocycles. The van der Waals surface area contributed by atoms with Crippen molar-refractivity contribution in [2.75, 3.05) is 0 Å². The molecule has 1 saturated carbocycles. The van der Waals surface area contributed by atoms with Gasteiger partial charge in [-0.05, 0) is 24.1 Å². The lowest BCUT2D eigenvalue weighted by Crippen LogP contribution is -2.56. The Balaban J connectivity index is 1.80. The van der Waals surface area contributed by atoms with Crippen LogP contribution in [0.15, 0.2) is 60.7 Å². The summed E-state index contributed by atoms with van der Waals surface area (Å²) in [7, 11) is 0. The van der Waals surface area contributed by atoms with Crippen LogP contribution in [0.25, 0.3) is 0 Å². The lowest BCUT2D eigenvalue weighted by atomic mass is 9.83. The summed E-state index contributed by atoms with van der Waals surface area (Å²) in [5, 5.41) is 11.2. The molecule has 1 fully saturated rings. The van der Waals surface area contributed by atoms with Crippen LogP contribution in [-0.4, -0.2) is 52.1 Å². The number of halogens is 2. The molecule has 0 bridgehead atoms. The molecule has 0 radical (unpaired) electrons. The molecule has 6 atom stereocenters. The summed E-state index contributed by atoms with van der Waals surface area (Å²) in [6.45, 7) is 3.39. The predicted molar refractivity (Wildman–Crippen MR) is 132 cm³/mol. The number of carbonyl (C=O) groups excluding carboxylic acids is 3. The highest BCUT2D eigenvalue weighted by molar-refractivity contribution is 6.25. The van der Waals surface area contributed by atoms with Gasteiger partial charge in [-0.25, -0.2) is 4.79 Å². The molecular formula is C26H29Cl2NO6. The average Bonchev–Trinajstić information content (AvgIpc) is 2.85. The summed E-state index contributed by atoms with van der Waals surface area (Å²) in [6.07, 6.45) is -3.04. The van der Waals surface area contributed by atoms with Crippen LogP contribution in [0.5, 0.6) is 0 Å². The highest BCUT2D eigenvalue weighted by Crippen LogP contribution is 2.35. The number of esters is 2. The predicted octanol–water partition coefficient (Wildman–Crippen LogP) is 3.69. The molecule has 3 rings (SSSR count). The van der Waals surface area contributed by atoms with Gasteiger partial charge in [0.2, 0.25) is 5.91 Å². The van der Waals surface area contributed by atoms with Gasteiger partial charge < -0.3 is 19.9 Å². The molecule has 7 nitrogen and oxygen atoms in total. The van der Waals surface area contributed by atoms with E-state index >= 15 is 0 Å². The third-order valence-corrected chi connectivity index (χ3v) is 6.72. The zero-order valence-electron chi connectivity index (χ0n) is 19.5. The number of hydrogen-bond acceptors (Lipinski definition) is 6. The number of nitrogens with one attached hydrogen (secondary N) is 1. The Morgan fingerprint density at radius 2 is 1.63 bits per heavy atom. The first-order chi connectivity index (χ1) is 16.7. The van der Waals surface area contributed by atoms with Crippen molar-refractivity contribution in [1.29, 1.82) is 0 Å². The topological polar surface area (TPSA) is 102 Å². The quantitative estimate of drug-likeness (QED) is 0.312. The Morgan fingerprint density at radius 3 is 2.23 bits per heavy atom. The van der Waals surface area contributed by atoms with E-state index in [-0.39, 0.29) is 18.4 Å². The summed E-state index contributed by atoms with van der Waals surface area (Å²) < 4.78 is 11.1. The number of aliphatic hydroxyl groups excluding tert-OH is 1. The third-order valence-electron chi connectivity index (χ3n) is 5.77. The SMILES string of the molecule is CC(C)C(=O)O[C@H](Cc1ccccc1)NC(=O)C1CC(Cl)C(O)C(Cl)C1OC(=O)c1ccccc1. The molecule has 2 N–H and O–H groups in total. The maximum Gasteiger partial charge on any atom is 0.338 e. The van der Waals surface area contributed by atoms with Crippen molar-refractivity contribution in [2.24, 2.45) is 11.8 Å². The van der Waals surface area contributed by atoms with Crippen LogP contribution in [0.1, 0.15) is 36.2 Å². The van der Waals surface area contributed by atoms with Crippen LogP contribution < -0.4 is 5.32 Å². The second kappa shape index (κ2) is 12.4. The van der Waals surface area contributed by atoms with Gasteiger partial charge in [-0.3, -0.25) is 9.59 Å². The Bertz CT molecular complexity index is 1000. The lowest BCUT2D eigenvalue weighted by molar-refractivity contribution is -0.156. The van der Waals surface area contributed by atoms with Crippen LogP contribution in [-0.2, 0) is 25.5 Å². The van der Waals surface area contributed by atoms with Crippen molar-refractivity contribution in [1.82, 2.24) is 5.32 Å². The molecular weight excluding hydrogens is 493 g/mol. The van der Waals surface area contributed by atoms with E-state index in [2.05, 4.69) is 5.32 Å².